The van der Waals surface area contributed by atoms with Gasteiger partial charge in [0.05, 0.1) is 12.1 Å². The van der Waals surface area contributed by atoms with E-state index in [2.05, 4.69) is 10.3 Å². The molecule has 0 saturated carbocycles. The van der Waals surface area contributed by atoms with Gasteiger partial charge >= 0.3 is 5.97 Å². The lowest BCUT2D eigenvalue weighted by Gasteiger charge is -2.19. The minimum atomic E-state index is -2.91. The number of benzene rings is 1. The van der Waals surface area contributed by atoms with Crippen molar-refractivity contribution in [2.24, 2.45) is 0 Å². The van der Waals surface area contributed by atoms with Gasteiger partial charge < -0.3 is 19.9 Å². The fourth-order valence-corrected chi connectivity index (χ4v) is 3.43. The van der Waals surface area contributed by atoms with Gasteiger partial charge in [0, 0.05) is 11.8 Å². The maximum absolute atomic E-state index is 15.2. The molecule has 0 bridgehead atoms. The van der Waals surface area contributed by atoms with Crippen molar-refractivity contribution in [3.63, 3.8) is 0 Å². The highest BCUT2D eigenvalue weighted by molar-refractivity contribution is 5.78. The van der Waals surface area contributed by atoms with Crippen LogP contribution in [0.1, 0.15) is 6.92 Å². The molecule has 0 radical (unpaired) electrons. The average Bonchev–Trinajstić information content (AvgIpc) is 3.24. The van der Waals surface area contributed by atoms with Crippen molar-refractivity contribution < 1.29 is 37.3 Å². The van der Waals surface area contributed by atoms with Crippen molar-refractivity contribution >= 4 is 23.4 Å². The number of anilines is 2. The van der Waals surface area contributed by atoms with Crippen LogP contribution in [0.2, 0.25) is 0 Å². The minimum Gasteiger partial charge on any atom is -0.491 e. The number of hydrogen-bond donors (Lipinski definition) is 2. The van der Waals surface area contributed by atoms with Crippen molar-refractivity contribution in [1.29, 1.82) is 0 Å². The summed E-state index contributed by atoms with van der Waals surface area (Å²) >= 11 is 0. The zero-order valence-electron chi connectivity index (χ0n) is 16.1. The maximum Gasteiger partial charge on any atom is 0.325 e. The van der Waals surface area contributed by atoms with E-state index in [0.717, 1.165) is 9.47 Å². The standard InChI is InChI=1S/C19H17F3N4O5/c1-9(19(28)29)23-10-2-3-11-13(6-10)30-5-4-25-16(22)18(24-17(11)25)26-12(15(20)21)8-31-14(26)7-27/h2-3,6,9,12,15,23H,4-5,8H2,1H3,(H,28,29)/t9-,12-/m0/s1. The molecule has 0 amide bonds. The van der Waals surface area contributed by atoms with Crippen LogP contribution < -0.4 is 15.0 Å². The molecule has 2 aliphatic rings. The molecule has 2 atom stereocenters. The van der Waals surface area contributed by atoms with Gasteiger partial charge in [0.2, 0.25) is 5.95 Å². The van der Waals surface area contributed by atoms with Gasteiger partial charge in [-0.3, -0.25) is 14.3 Å². The Bertz CT molecular complexity index is 1080. The topological polar surface area (TPSA) is 106 Å². The number of hydrogen-bond acceptors (Lipinski definition) is 7. The van der Waals surface area contributed by atoms with Crippen LogP contribution in [0.3, 0.4) is 0 Å². The number of carbonyl (C=O) groups excluding carboxylic acids is 1. The van der Waals surface area contributed by atoms with Gasteiger partial charge in [-0.15, -0.1) is 0 Å². The maximum atomic E-state index is 15.2. The third-order valence-electron chi connectivity index (χ3n) is 4.99. The van der Waals surface area contributed by atoms with Gasteiger partial charge in [0.15, 0.2) is 11.8 Å². The van der Waals surface area contributed by atoms with E-state index in [4.69, 9.17) is 14.6 Å². The van der Waals surface area contributed by atoms with Crippen LogP contribution in [0.25, 0.3) is 11.4 Å². The third-order valence-corrected chi connectivity index (χ3v) is 4.99. The number of imidazole rings is 1. The summed E-state index contributed by atoms with van der Waals surface area (Å²) in [6.45, 7) is 1.06. The molecule has 9 nitrogen and oxygen atoms in total. The molecule has 1 aromatic carbocycles. The molecule has 1 aromatic heterocycles. The summed E-state index contributed by atoms with van der Waals surface area (Å²) < 4.78 is 53.8. The number of ether oxygens (including phenoxy) is 2. The average molecular weight is 438 g/mol. The third kappa shape index (κ3) is 3.55. The van der Waals surface area contributed by atoms with Crippen LogP contribution in [0, 0.1) is 5.95 Å². The van der Waals surface area contributed by atoms with E-state index in [1.165, 1.54) is 12.9 Å². The molecule has 4 rings (SSSR count). The molecule has 1 fully saturated rings. The number of carbonyl (C=O) groups is 1. The number of aliphatic carboxylic acids is 1. The molecule has 0 spiro atoms. The van der Waals surface area contributed by atoms with Gasteiger partial charge in [-0.2, -0.15) is 4.39 Å². The lowest BCUT2D eigenvalue weighted by molar-refractivity contribution is -0.137. The van der Waals surface area contributed by atoms with Gasteiger partial charge in [0.1, 0.15) is 36.9 Å². The highest BCUT2D eigenvalue weighted by Crippen LogP contribution is 2.39. The Morgan fingerprint density at radius 2 is 2.16 bits per heavy atom. The summed E-state index contributed by atoms with van der Waals surface area (Å²) in [7, 11) is 0. The molecule has 2 aliphatic heterocycles. The molecule has 2 aromatic rings. The van der Waals surface area contributed by atoms with Gasteiger partial charge in [-0.05, 0) is 19.1 Å². The van der Waals surface area contributed by atoms with Crippen molar-refractivity contribution in [2.45, 2.75) is 32.0 Å². The first kappa shape index (κ1) is 20.6. The summed E-state index contributed by atoms with van der Waals surface area (Å²) in [6.07, 6.45) is -2.91. The van der Waals surface area contributed by atoms with Crippen LogP contribution in [-0.2, 0) is 20.9 Å². The molecule has 2 N–H and O–H groups in total. The smallest absolute Gasteiger partial charge is 0.325 e. The van der Waals surface area contributed by atoms with Crippen molar-refractivity contribution in [1.82, 2.24) is 9.55 Å². The minimum absolute atomic E-state index is 0.0331. The summed E-state index contributed by atoms with van der Waals surface area (Å²) in [4.78, 5) is 27.1. The number of carboxylic acid groups (broad SMARTS) is 1. The second-order valence-electron chi connectivity index (χ2n) is 6.96. The Kier molecular flexibility index (Phi) is 5.24. The molecule has 164 valence electrons. The first-order valence-corrected chi connectivity index (χ1v) is 9.29. The Morgan fingerprint density at radius 1 is 1.39 bits per heavy atom. The van der Waals surface area contributed by atoms with Crippen molar-refractivity contribution in [3.05, 3.63) is 30.0 Å². The summed E-state index contributed by atoms with van der Waals surface area (Å²) in [5.41, 5.74) is 0.841. The molecular weight excluding hydrogens is 421 g/mol. The number of halogens is 3. The Labute approximate surface area is 173 Å². The predicted octanol–water partition coefficient (Wildman–Crippen LogP) is 2.11. The predicted molar refractivity (Wildman–Crippen MR) is 101 cm³/mol. The zero-order chi connectivity index (χ0) is 22.3. The number of fused-ring (bicyclic) bond motifs is 3. The Morgan fingerprint density at radius 3 is 2.84 bits per heavy atom. The van der Waals surface area contributed by atoms with Crippen LogP contribution in [-0.4, -0.2) is 58.3 Å². The lowest BCUT2D eigenvalue weighted by atomic mass is 10.1. The highest BCUT2D eigenvalue weighted by atomic mass is 19.3. The normalized spacial score (nSPS) is 18.4. The largest absolute Gasteiger partial charge is 0.491 e. The first-order chi connectivity index (χ1) is 14.8. The van der Waals surface area contributed by atoms with E-state index in [9.17, 15) is 18.4 Å². The van der Waals surface area contributed by atoms with Crippen LogP contribution in [0.15, 0.2) is 24.1 Å². The first-order valence-electron chi connectivity index (χ1n) is 9.29. The summed E-state index contributed by atoms with van der Waals surface area (Å²) in [6, 6.07) is 2.24. The molecule has 3 heterocycles. The molecular formula is C19H17F3N4O5. The number of rotatable bonds is 5. The Balaban J connectivity index is 1.76. The van der Waals surface area contributed by atoms with Crippen molar-refractivity contribution in [2.75, 3.05) is 23.4 Å². The number of carboxylic acids is 1. The second kappa shape index (κ2) is 7.88. The Hall–Kier alpha value is -3.66. The van der Waals surface area contributed by atoms with E-state index in [1.807, 2.05) is 0 Å². The SMILES string of the molecule is C[C@H](Nc1ccc2c(c1)OCCn1c-2nc(N2C(=C=O)OC[C@H]2C(F)F)c1F)C(=O)O. The fourth-order valence-electron chi connectivity index (χ4n) is 3.43. The molecule has 1 saturated heterocycles. The second-order valence-corrected chi connectivity index (χ2v) is 6.96. The van der Waals surface area contributed by atoms with Crippen LogP contribution in [0.5, 0.6) is 5.75 Å². The summed E-state index contributed by atoms with van der Waals surface area (Å²) in [5, 5.41) is 11.8. The zero-order valence-corrected chi connectivity index (χ0v) is 16.1. The molecule has 0 aliphatic carbocycles. The fraction of sp³-hybridized carbons (Fsp3) is 0.368. The van der Waals surface area contributed by atoms with Crippen LogP contribution >= 0.6 is 0 Å². The van der Waals surface area contributed by atoms with E-state index < -0.39 is 48.7 Å². The van der Waals surface area contributed by atoms with Gasteiger partial charge in [-0.25, -0.2) is 18.6 Å². The number of alkyl halides is 2. The highest BCUT2D eigenvalue weighted by Gasteiger charge is 2.42. The quantitative estimate of drug-likeness (QED) is 0.684. The molecule has 31 heavy (non-hydrogen) atoms. The number of nitrogens with zero attached hydrogens (tertiary/aromatic N) is 3. The molecule has 12 heteroatoms. The molecule has 0 unspecified atom stereocenters. The van der Waals surface area contributed by atoms with E-state index in [1.54, 1.807) is 18.2 Å². The van der Waals surface area contributed by atoms with Gasteiger partial charge in [0.25, 0.3) is 12.3 Å². The van der Waals surface area contributed by atoms with Crippen LogP contribution in [0.4, 0.5) is 24.7 Å². The lowest BCUT2D eigenvalue weighted by Crippen LogP contribution is -2.37. The summed E-state index contributed by atoms with van der Waals surface area (Å²) in [5.74, 6) is -1.15. The van der Waals surface area contributed by atoms with E-state index >= 15 is 4.39 Å². The van der Waals surface area contributed by atoms with E-state index in [-0.39, 0.29) is 19.0 Å². The number of nitrogens with one attached hydrogen (secondary N) is 1. The van der Waals surface area contributed by atoms with Crippen molar-refractivity contribution in [3.8, 4) is 17.1 Å². The van der Waals surface area contributed by atoms with Gasteiger partial charge in [-0.1, -0.05) is 0 Å². The number of aromatic nitrogens is 2. The van der Waals surface area contributed by atoms with E-state index in [0.29, 0.717) is 17.0 Å². The monoisotopic (exact) mass is 438 g/mol.